The number of hydrazine groups is 1. The topological polar surface area (TPSA) is 35.6 Å². The Morgan fingerprint density at radius 1 is 1.04 bits per heavy atom. The van der Waals surface area contributed by atoms with Crippen molar-refractivity contribution in [2.45, 2.75) is 12.3 Å². The quantitative estimate of drug-likeness (QED) is 0.912. The van der Waals surface area contributed by atoms with Crippen LogP contribution in [0.25, 0.3) is 0 Å². The molecule has 0 spiro atoms. The summed E-state index contributed by atoms with van der Waals surface area (Å²) in [5, 5.41) is 8.05. The molecule has 1 N–H and O–H groups in total. The van der Waals surface area contributed by atoms with Crippen molar-refractivity contribution in [2.24, 2.45) is 0 Å². The SMILES string of the molecule is CC1(c2ccc(Cl)cc2)C(=O)N(N2CCNCC2)c2ccccc21. The molecular formula is C19H20ClN3O. The van der Waals surface area contributed by atoms with Crippen LogP contribution in [0.15, 0.2) is 48.5 Å². The van der Waals surface area contributed by atoms with Crippen molar-refractivity contribution < 1.29 is 4.79 Å². The van der Waals surface area contributed by atoms with Gasteiger partial charge in [0.1, 0.15) is 5.41 Å². The van der Waals surface area contributed by atoms with Gasteiger partial charge >= 0.3 is 0 Å². The second-order valence-electron chi connectivity index (χ2n) is 6.47. The zero-order valence-corrected chi connectivity index (χ0v) is 14.4. The van der Waals surface area contributed by atoms with Gasteiger partial charge in [-0.2, -0.15) is 0 Å². The zero-order valence-electron chi connectivity index (χ0n) is 13.6. The van der Waals surface area contributed by atoms with Crippen molar-refractivity contribution in [3.63, 3.8) is 0 Å². The summed E-state index contributed by atoms with van der Waals surface area (Å²) in [6, 6.07) is 15.7. The van der Waals surface area contributed by atoms with Crippen molar-refractivity contribution in [2.75, 3.05) is 31.2 Å². The van der Waals surface area contributed by atoms with Gasteiger partial charge in [0, 0.05) is 31.2 Å². The lowest BCUT2D eigenvalue weighted by Gasteiger charge is -2.36. The third kappa shape index (κ3) is 2.25. The van der Waals surface area contributed by atoms with Crippen molar-refractivity contribution in [1.29, 1.82) is 0 Å². The molecule has 0 bridgehead atoms. The number of hydrogen-bond donors (Lipinski definition) is 1. The summed E-state index contributed by atoms with van der Waals surface area (Å²) in [4.78, 5) is 13.5. The summed E-state index contributed by atoms with van der Waals surface area (Å²) in [6.07, 6.45) is 0. The number of fused-ring (bicyclic) bond motifs is 1. The summed E-state index contributed by atoms with van der Waals surface area (Å²) in [6.45, 7) is 5.46. The molecule has 5 heteroatoms. The van der Waals surface area contributed by atoms with E-state index >= 15 is 0 Å². The Morgan fingerprint density at radius 2 is 1.71 bits per heavy atom. The van der Waals surface area contributed by atoms with Gasteiger partial charge in [0.15, 0.2) is 0 Å². The molecule has 1 amide bonds. The molecule has 24 heavy (non-hydrogen) atoms. The second-order valence-corrected chi connectivity index (χ2v) is 6.91. The maximum atomic E-state index is 13.5. The Morgan fingerprint density at radius 3 is 2.42 bits per heavy atom. The van der Waals surface area contributed by atoms with Gasteiger partial charge in [0.25, 0.3) is 5.91 Å². The van der Waals surface area contributed by atoms with Crippen LogP contribution in [-0.4, -0.2) is 37.1 Å². The van der Waals surface area contributed by atoms with E-state index in [4.69, 9.17) is 11.6 Å². The lowest BCUT2D eigenvalue weighted by atomic mass is 9.77. The molecule has 0 aromatic heterocycles. The average molecular weight is 342 g/mol. The van der Waals surface area contributed by atoms with Crippen LogP contribution in [0.1, 0.15) is 18.1 Å². The normalized spacial score (nSPS) is 24.2. The number of benzene rings is 2. The highest BCUT2D eigenvalue weighted by molar-refractivity contribution is 6.30. The molecule has 2 aliphatic rings. The monoisotopic (exact) mass is 341 g/mol. The van der Waals surface area contributed by atoms with E-state index < -0.39 is 5.41 Å². The Hall–Kier alpha value is -1.88. The number of halogens is 1. The van der Waals surface area contributed by atoms with Crippen LogP contribution in [0.5, 0.6) is 0 Å². The molecule has 124 valence electrons. The van der Waals surface area contributed by atoms with E-state index in [0.717, 1.165) is 43.0 Å². The number of carbonyl (C=O) groups excluding carboxylic acids is 1. The standard InChI is InChI=1S/C19H20ClN3O/c1-19(14-6-8-15(20)9-7-14)16-4-2-3-5-17(16)23(18(19)24)22-12-10-21-11-13-22/h2-9,21H,10-13H2,1H3. The van der Waals surface area contributed by atoms with E-state index in [2.05, 4.69) is 16.4 Å². The molecule has 4 nitrogen and oxygen atoms in total. The van der Waals surface area contributed by atoms with Crippen molar-refractivity contribution in [3.8, 4) is 0 Å². The summed E-state index contributed by atoms with van der Waals surface area (Å²) >= 11 is 6.04. The summed E-state index contributed by atoms with van der Waals surface area (Å²) in [5.41, 5.74) is 2.33. The molecule has 1 unspecified atom stereocenters. The Labute approximate surface area is 147 Å². The molecule has 2 aliphatic heterocycles. The first-order valence-electron chi connectivity index (χ1n) is 8.28. The lowest BCUT2D eigenvalue weighted by Crippen LogP contribution is -2.55. The number of hydrogen-bond acceptors (Lipinski definition) is 3. The largest absolute Gasteiger partial charge is 0.314 e. The van der Waals surface area contributed by atoms with Crippen LogP contribution >= 0.6 is 11.6 Å². The first kappa shape index (κ1) is 15.6. The summed E-state index contributed by atoms with van der Waals surface area (Å²) < 4.78 is 0. The number of carbonyl (C=O) groups is 1. The van der Waals surface area contributed by atoms with E-state index in [1.807, 2.05) is 54.4 Å². The van der Waals surface area contributed by atoms with E-state index in [0.29, 0.717) is 5.02 Å². The highest BCUT2D eigenvalue weighted by Gasteiger charge is 2.50. The lowest BCUT2D eigenvalue weighted by molar-refractivity contribution is -0.124. The van der Waals surface area contributed by atoms with Crippen LogP contribution in [0.4, 0.5) is 5.69 Å². The van der Waals surface area contributed by atoms with Crippen molar-refractivity contribution in [3.05, 3.63) is 64.7 Å². The third-order valence-corrected chi connectivity index (χ3v) is 5.34. The Balaban J connectivity index is 1.84. The minimum Gasteiger partial charge on any atom is -0.314 e. The van der Waals surface area contributed by atoms with E-state index in [9.17, 15) is 4.79 Å². The molecule has 1 atom stereocenters. The van der Waals surface area contributed by atoms with Gasteiger partial charge in [0.05, 0.1) is 5.69 Å². The van der Waals surface area contributed by atoms with Crippen LogP contribution in [0, 0.1) is 0 Å². The number of amides is 1. The number of rotatable bonds is 2. The Bertz CT molecular complexity index is 770. The third-order valence-electron chi connectivity index (χ3n) is 5.09. The molecule has 1 saturated heterocycles. The predicted octanol–water partition coefficient (Wildman–Crippen LogP) is 2.81. The highest BCUT2D eigenvalue weighted by Crippen LogP contribution is 2.46. The maximum absolute atomic E-state index is 13.5. The molecule has 0 aliphatic carbocycles. The summed E-state index contributed by atoms with van der Waals surface area (Å²) in [5.74, 6) is 0.105. The van der Waals surface area contributed by atoms with Crippen molar-refractivity contribution in [1.82, 2.24) is 10.3 Å². The smallest absolute Gasteiger partial charge is 0.256 e. The van der Waals surface area contributed by atoms with Gasteiger partial charge in [0.2, 0.25) is 0 Å². The molecule has 1 fully saturated rings. The molecule has 2 heterocycles. The minimum atomic E-state index is -0.688. The van der Waals surface area contributed by atoms with E-state index in [1.165, 1.54) is 0 Å². The first-order valence-corrected chi connectivity index (χ1v) is 8.66. The molecule has 0 saturated carbocycles. The number of anilines is 1. The molecule has 4 rings (SSSR count). The predicted molar refractivity (Wildman–Crippen MR) is 96.3 cm³/mol. The Kier molecular flexibility index (Phi) is 3.83. The van der Waals surface area contributed by atoms with Gasteiger partial charge in [-0.25, -0.2) is 10.0 Å². The first-order chi connectivity index (χ1) is 11.6. The molecular weight excluding hydrogens is 322 g/mol. The number of nitrogens with one attached hydrogen (secondary N) is 1. The fraction of sp³-hybridized carbons (Fsp3) is 0.316. The van der Waals surface area contributed by atoms with Gasteiger partial charge in [-0.05, 0) is 36.2 Å². The van der Waals surface area contributed by atoms with E-state index in [1.54, 1.807) is 0 Å². The van der Waals surface area contributed by atoms with Gasteiger partial charge < -0.3 is 5.32 Å². The van der Waals surface area contributed by atoms with Crippen LogP contribution in [-0.2, 0) is 10.2 Å². The number of para-hydroxylation sites is 1. The molecule has 0 radical (unpaired) electrons. The van der Waals surface area contributed by atoms with Crippen LogP contribution < -0.4 is 10.3 Å². The second kappa shape index (κ2) is 5.88. The van der Waals surface area contributed by atoms with E-state index in [-0.39, 0.29) is 5.91 Å². The number of nitrogens with zero attached hydrogens (tertiary/aromatic N) is 2. The van der Waals surface area contributed by atoms with Gasteiger partial charge in [-0.3, -0.25) is 4.79 Å². The minimum absolute atomic E-state index is 0.105. The van der Waals surface area contributed by atoms with Gasteiger partial charge in [-0.1, -0.05) is 41.9 Å². The number of piperazine rings is 1. The van der Waals surface area contributed by atoms with Crippen LogP contribution in [0.2, 0.25) is 5.02 Å². The fourth-order valence-corrected chi connectivity index (χ4v) is 3.84. The molecule has 2 aromatic rings. The maximum Gasteiger partial charge on any atom is 0.256 e. The van der Waals surface area contributed by atoms with Crippen molar-refractivity contribution >= 4 is 23.2 Å². The van der Waals surface area contributed by atoms with Crippen LogP contribution in [0.3, 0.4) is 0 Å². The van der Waals surface area contributed by atoms with Gasteiger partial charge in [-0.15, -0.1) is 0 Å². The molecule has 2 aromatic carbocycles. The highest BCUT2D eigenvalue weighted by atomic mass is 35.5. The average Bonchev–Trinajstić information content (AvgIpc) is 2.85. The fourth-order valence-electron chi connectivity index (χ4n) is 3.71. The zero-order chi connectivity index (χ0) is 16.7. The summed E-state index contributed by atoms with van der Waals surface area (Å²) in [7, 11) is 0.